The molecule has 1 heterocycles. The van der Waals surface area contributed by atoms with Crippen LogP contribution in [0.3, 0.4) is 0 Å². The molecule has 0 radical (unpaired) electrons. The molecule has 1 aromatic heterocycles. The maximum atomic E-state index is 12.4. The van der Waals surface area contributed by atoms with Crippen molar-refractivity contribution in [2.75, 3.05) is 14.2 Å². The van der Waals surface area contributed by atoms with Gasteiger partial charge in [-0.3, -0.25) is 4.79 Å². The van der Waals surface area contributed by atoms with Crippen molar-refractivity contribution in [2.45, 2.75) is 18.2 Å². The highest BCUT2D eigenvalue weighted by Gasteiger charge is 2.22. The van der Waals surface area contributed by atoms with Gasteiger partial charge in [0.05, 0.1) is 20.3 Å². The number of nitrogens with zero attached hydrogens (tertiary/aromatic N) is 2. The lowest BCUT2D eigenvalue weighted by molar-refractivity contribution is -0.119. The van der Waals surface area contributed by atoms with Gasteiger partial charge in [0.2, 0.25) is 17.7 Å². The number of para-hydroxylation sites is 1. The summed E-state index contributed by atoms with van der Waals surface area (Å²) in [5, 5.41) is 0. The molecule has 10 heteroatoms. The molecule has 0 spiro atoms. The van der Waals surface area contributed by atoms with Gasteiger partial charge >= 0.3 is 6.01 Å². The van der Waals surface area contributed by atoms with Crippen molar-refractivity contribution >= 4 is 15.9 Å². The molecule has 1 aromatic carbocycles. The molecule has 0 aliphatic rings. The van der Waals surface area contributed by atoms with Crippen molar-refractivity contribution < 1.29 is 27.4 Å². The number of aromatic nitrogens is 2. The normalized spacial score (nSPS) is 10.8. The fraction of sp³-hybridized carbons (Fsp3) is 0.267. The Labute approximate surface area is 145 Å². The van der Waals surface area contributed by atoms with Gasteiger partial charge in [0.1, 0.15) is 4.90 Å². The average molecular weight is 367 g/mol. The summed E-state index contributed by atoms with van der Waals surface area (Å²) in [6.07, 6.45) is 0.0262. The molecule has 0 aliphatic carbocycles. The van der Waals surface area contributed by atoms with E-state index in [9.17, 15) is 13.2 Å². The first-order valence-corrected chi connectivity index (χ1v) is 8.67. The molecule has 134 valence electrons. The first-order chi connectivity index (χ1) is 11.9. The Balaban J connectivity index is 2.41. The molecule has 0 fully saturated rings. The van der Waals surface area contributed by atoms with Gasteiger partial charge in [-0.15, -0.1) is 0 Å². The van der Waals surface area contributed by atoms with E-state index in [0.717, 1.165) is 0 Å². The number of methoxy groups -OCH3 is 2. The highest BCUT2D eigenvalue weighted by molar-refractivity contribution is 7.90. The molecular formula is C15H17N3O6S. The SMILES string of the molecule is CCC(=O)NS(=O)(=O)c1ccccc1Oc1nc(OC)cc(OC)n1. The summed E-state index contributed by atoms with van der Waals surface area (Å²) in [6, 6.07) is 7.08. The molecule has 0 unspecified atom stereocenters. The zero-order valence-corrected chi connectivity index (χ0v) is 14.7. The van der Waals surface area contributed by atoms with Crippen LogP contribution in [0.25, 0.3) is 0 Å². The summed E-state index contributed by atoms with van der Waals surface area (Å²) in [5.74, 6) is -0.314. The van der Waals surface area contributed by atoms with E-state index >= 15 is 0 Å². The summed E-state index contributed by atoms with van der Waals surface area (Å²) in [4.78, 5) is 19.2. The maximum Gasteiger partial charge on any atom is 0.328 e. The number of amides is 1. The highest BCUT2D eigenvalue weighted by Crippen LogP contribution is 2.29. The van der Waals surface area contributed by atoms with Gasteiger partial charge in [0.25, 0.3) is 10.0 Å². The molecule has 2 rings (SSSR count). The Morgan fingerprint density at radius 1 is 1.12 bits per heavy atom. The first kappa shape index (κ1) is 18.5. The highest BCUT2D eigenvalue weighted by atomic mass is 32.2. The van der Waals surface area contributed by atoms with Crippen LogP contribution in [0.5, 0.6) is 23.5 Å². The van der Waals surface area contributed by atoms with E-state index in [1.807, 2.05) is 4.72 Å². The summed E-state index contributed by atoms with van der Waals surface area (Å²) in [7, 11) is -1.28. The Bertz CT molecular complexity index is 847. The van der Waals surface area contributed by atoms with Crippen molar-refractivity contribution in [2.24, 2.45) is 0 Å². The molecule has 1 N–H and O–H groups in total. The van der Waals surface area contributed by atoms with E-state index in [0.29, 0.717) is 0 Å². The Morgan fingerprint density at radius 3 is 2.28 bits per heavy atom. The minimum atomic E-state index is -4.10. The zero-order chi connectivity index (χ0) is 18.4. The van der Waals surface area contributed by atoms with E-state index in [1.54, 1.807) is 13.0 Å². The van der Waals surface area contributed by atoms with Gasteiger partial charge < -0.3 is 14.2 Å². The lowest BCUT2D eigenvalue weighted by Crippen LogP contribution is -2.30. The van der Waals surface area contributed by atoms with Crippen LogP contribution in [0.15, 0.2) is 35.2 Å². The fourth-order valence-corrected chi connectivity index (χ4v) is 2.96. The maximum absolute atomic E-state index is 12.4. The van der Waals surface area contributed by atoms with E-state index < -0.39 is 15.9 Å². The van der Waals surface area contributed by atoms with E-state index in [-0.39, 0.29) is 34.8 Å². The number of benzene rings is 1. The van der Waals surface area contributed by atoms with E-state index in [4.69, 9.17) is 14.2 Å². The number of hydrogen-bond donors (Lipinski definition) is 1. The second-order valence-electron chi connectivity index (χ2n) is 4.67. The van der Waals surface area contributed by atoms with Gasteiger partial charge in [-0.05, 0) is 12.1 Å². The van der Waals surface area contributed by atoms with Crippen LogP contribution in [0.4, 0.5) is 0 Å². The third-order valence-corrected chi connectivity index (χ3v) is 4.40. The Kier molecular flexibility index (Phi) is 5.75. The topological polar surface area (TPSA) is 117 Å². The molecule has 0 bridgehead atoms. The van der Waals surface area contributed by atoms with Crippen LogP contribution < -0.4 is 18.9 Å². The smallest absolute Gasteiger partial charge is 0.328 e. The molecular weight excluding hydrogens is 350 g/mol. The molecule has 0 aliphatic heterocycles. The van der Waals surface area contributed by atoms with Crippen molar-refractivity contribution in [1.29, 1.82) is 0 Å². The predicted octanol–water partition coefficient (Wildman–Crippen LogP) is 1.50. The zero-order valence-electron chi connectivity index (χ0n) is 13.8. The standard InChI is InChI=1S/C15H17N3O6S/c1-4-12(19)18-25(20,21)11-8-6-5-7-10(11)24-15-16-13(22-2)9-14(17-15)23-3/h5-9H,4H2,1-3H3,(H,18,19). The third-order valence-electron chi connectivity index (χ3n) is 2.99. The second-order valence-corrected chi connectivity index (χ2v) is 6.32. The largest absolute Gasteiger partial charge is 0.481 e. The number of sulfonamides is 1. The minimum Gasteiger partial charge on any atom is -0.481 e. The number of rotatable bonds is 7. The number of carbonyl (C=O) groups excluding carboxylic acids is 1. The minimum absolute atomic E-state index is 0.0262. The number of carbonyl (C=O) groups is 1. The number of nitrogens with one attached hydrogen (secondary N) is 1. The van der Waals surface area contributed by atoms with Gasteiger partial charge in [0.15, 0.2) is 5.75 Å². The van der Waals surface area contributed by atoms with Crippen LogP contribution in [0, 0.1) is 0 Å². The van der Waals surface area contributed by atoms with Crippen LogP contribution in [-0.4, -0.2) is 38.5 Å². The average Bonchev–Trinajstić information content (AvgIpc) is 2.61. The molecule has 0 saturated carbocycles. The second kappa shape index (κ2) is 7.79. The van der Waals surface area contributed by atoms with Crippen molar-refractivity contribution in [1.82, 2.24) is 14.7 Å². The van der Waals surface area contributed by atoms with Gasteiger partial charge in [-0.1, -0.05) is 19.1 Å². The molecule has 9 nitrogen and oxygen atoms in total. The van der Waals surface area contributed by atoms with E-state index in [1.165, 1.54) is 38.5 Å². The lowest BCUT2D eigenvalue weighted by atomic mass is 10.3. The first-order valence-electron chi connectivity index (χ1n) is 7.19. The number of ether oxygens (including phenoxy) is 3. The fourth-order valence-electron chi connectivity index (χ4n) is 1.77. The van der Waals surface area contributed by atoms with Crippen molar-refractivity contribution in [3.05, 3.63) is 30.3 Å². The molecule has 1 amide bonds. The lowest BCUT2D eigenvalue weighted by Gasteiger charge is -2.12. The van der Waals surface area contributed by atoms with Gasteiger partial charge in [-0.25, -0.2) is 13.1 Å². The molecule has 0 atom stereocenters. The van der Waals surface area contributed by atoms with Crippen molar-refractivity contribution in [3.63, 3.8) is 0 Å². The van der Waals surface area contributed by atoms with Gasteiger partial charge in [0, 0.05) is 6.42 Å². The summed E-state index contributed by atoms with van der Waals surface area (Å²) in [6.45, 7) is 1.55. The van der Waals surface area contributed by atoms with Crippen LogP contribution in [0.1, 0.15) is 13.3 Å². The van der Waals surface area contributed by atoms with Crippen LogP contribution in [0.2, 0.25) is 0 Å². The monoisotopic (exact) mass is 367 g/mol. The quantitative estimate of drug-likeness (QED) is 0.782. The summed E-state index contributed by atoms with van der Waals surface area (Å²) in [5.41, 5.74) is 0. The van der Waals surface area contributed by atoms with Gasteiger partial charge in [-0.2, -0.15) is 9.97 Å². The van der Waals surface area contributed by atoms with Crippen LogP contribution in [-0.2, 0) is 14.8 Å². The van der Waals surface area contributed by atoms with Crippen molar-refractivity contribution in [3.8, 4) is 23.5 Å². The summed E-state index contributed by atoms with van der Waals surface area (Å²) < 4.78 is 42.2. The summed E-state index contributed by atoms with van der Waals surface area (Å²) >= 11 is 0. The Hall–Kier alpha value is -2.88. The molecule has 2 aromatic rings. The Morgan fingerprint density at radius 2 is 1.72 bits per heavy atom. The predicted molar refractivity (Wildman–Crippen MR) is 87.3 cm³/mol. The van der Waals surface area contributed by atoms with Crippen LogP contribution >= 0.6 is 0 Å². The third kappa shape index (κ3) is 4.57. The molecule has 0 saturated heterocycles. The van der Waals surface area contributed by atoms with E-state index in [2.05, 4.69) is 9.97 Å². The number of hydrogen-bond acceptors (Lipinski definition) is 8. The molecule has 25 heavy (non-hydrogen) atoms.